The molecule has 2 aromatic rings. The predicted molar refractivity (Wildman–Crippen MR) is 57.4 cm³/mol. The maximum atomic E-state index is 12.4. The van der Waals surface area contributed by atoms with Gasteiger partial charge in [0, 0.05) is 6.20 Å². The number of nitrogens with two attached hydrogens (primary N) is 2. The van der Waals surface area contributed by atoms with Gasteiger partial charge in [-0.15, -0.1) is 0 Å². The lowest BCUT2D eigenvalue weighted by Gasteiger charge is -2.05. The summed E-state index contributed by atoms with van der Waals surface area (Å²) in [6.45, 7) is 0. The molecule has 17 heavy (non-hydrogen) atoms. The molecule has 4 N–H and O–H groups in total. The normalized spacial score (nSPS) is 11.7. The Morgan fingerprint density at radius 2 is 1.82 bits per heavy atom. The monoisotopic (exact) mass is 242 g/mol. The van der Waals surface area contributed by atoms with Crippen LogP contribution in [0.2, 0.25) is 0 Å². The first-order valence-electron chi connectivity index (χ1n) is 4.65. The molecule has 4 nitrogen and oxygen atoms in total. The van der Waals surface area contributed by atoms with Gasteiger partial charge in [-0.05, 0) is 18.2 Å². The predicted octanol–water partition coefficient (Wildman–Crippen LogP) is 2.06. The molecular weight excluding hydrogens is 233 g/mol. The van der Waals surface area contributed by atoms with Crippen LogP contribution in [0.3, 0.4) is 0 Å². The zero-order valence-corrected chi connectivity index (χ0v) is 8.57. The van der Waals surface area contributed by atoms with Crippen LogP contribution >= 0.6 is 0 Å². The third-order valence-corrected chi connectivity index (χ3v) is 2.24. The van der Waals surface area contributed by atoms with Crippen LogP contribution in [0, 0.1) is 0 Å². The first kappa shape index (κ1) is 11.3. The van der Waals surface area contributed by atoms with Crippen molar-refractivity contribution in [1.29, 1.82) is 0 Å². The minimum Gasteiger partial charge on any atom is -0.397 e. The van der Waals surface area contributed by atoms with E-state index < -0.39 is 11.7 Å². The molecule has 1 aromatic carbocycles. The molecule has 1 aromatic heterocycles. The van der Waals surface area contributed by atoms with Crippen LogP contribution in [0.4, 0.5) is 24.5 Å². The number of anilines is 2. The van der Waals surface area contributed by atoms with Gasteiger partial charge in [0.05, 0.1) is 28.8 Å². The van der Waals surface area contributed by atoms with Crippen molar-refractivity contribution in [3.8, 4) is 5.69 Å². The summed E-state index contributed by atoms with van der Waals surface area (Å²) in [7, 11) is 0. The van der Waals surface area contributed by atoms with E-state index in [1.165, 1.54) is 12.1 Å². The zero-order chi connectivity index (χ0) is 12.6. The third-order valence-electron chi connectivity index (χ3n) is 2.24. The topological polar surface area (TPSA) is 69.9 Å². The van der Waals surface area contributed by atoms with Crippen molar-refractivity contribution in [1.82, 2.24) is 9.78 Å². The molecule has 0 spiro atoms. The second-order valence-electron chi connectivity index (χ2n) is 3.48. The Morgan fingerprint density at radius 1 is 1.12 bits per heavy atom. The average Bonchev–Trinajstić information content (AvgIpc) is 2.70. The lowest BCUT2D eigenvalue weighted by atomic mass is 10.2. The van der Waals surface area contributed by atoms with Gasteiger partial charge in [0.2, 0.25) is 0 Å². The van der Waals surface area contributed by atoms with Gasteiger partial charge in [0.1, 0.15) is 0 Å². The van der Waals surface area contributed by atoms with Crippen molar-refractivity contribution >= 4 is 11.4 Å². The molecule has 0 radical (unpaired) electrons. The number of nitrogens with zero attached hydrogens (tertiary/aromatic N) is 2. The van der Waals surface area contributed by atoms with Crippen LogP contribution in [0.15, 0.2) is 30.6 Å². The Balaban J connectivity index is 2.40. The molecule has 0 unspecified atom stereocenters. The highest BCUT2D eigenvalue weighted by Crippen LogP contribution is 2.29. The Bertz CT molecular complexity index is 545. The van der Waals surface area contributed by atoms with E-state index in [9.17, 15) is 13.2 Å². The van der Waals surface area contributed by atoms with Gasteiger partial charge in [-0.1, -0.05) is 0 Å². The van der Waals surface area contributed by atoms with Crippen LogP contribution in [0.1, 0.15) is 5.56 Å². The quantitative estimate of drug-likeness (QED) is 0.752. The van der Waals surface area contributed by atoms with E-state index >= 15 is 0 Å². The minimum atomic E-state index is -4.41. The molecule has 0 saturated carbocycles. The summed E-state index contributed by atoms with van der Waals surface area (Å²) in [6, 6.07) is 4.51. The molecule has 0 saturated heterocycles. The summed E-state index contributed by atoms with van der Waals surface area (Å²) in [5.41, 5.74) is 11.3. The fourth-order valence-corrected chi connectivity index (χ4v) is 1.32. The van der Waals surface area contributed by atoms with E-state index in [1.54, 1.807) is 6.07 Å². The smallest absolute Gasteiger partial charge is 0.397 e. The van der Waals surface area contributed by atoms with Gasteiger partial charge in [-0.3, -0.25) is 0 Å². The van der Waals surface area contributed by atoms with Crippen LogP contribution in [-0.2, 0) is 6.18 Å². The molecular formula is C10H9F3N4. The van der Waals surface area contributed by atoms with E-state index in [2.05, 4.69) is 5.10 Å². The van der Waals surface area contributed by atoms with Crippen molar-refractivity contribution in [2.75, 3.05) is 11.5 Å². The Hall–Kier alpha value is -2.18. The summed E-state index contributed by atoms with van der Waals surface area (Å²) >= 11 is 0. The van der Waals surface area contributed by atoms with E-state index in [0.717, 1.165) is 17.1 Å². The lowest BCUT2D eigenvalue weighted by Crippen LogP contribution is -2.03. The van der Waals surface area contributed by atoms with Crippen molar-refractivity contribution in [3.05, 3.63) is 36.2 Å². The number of halogens is 3. The van der Waals surface area contributed by atoms with Crippen molar-refractivity contribution < 1.29 is 13.2 Å². The molecule has 0 bridgehead atoms. The van der Waals surface area contributed by atoms with Gasteiger partial charge in [-0.25, -0.2) is 4.68 Å². The maximum absolute atomic E-state index is 12.4. The molecule has 0 aliphatic rings. The first-order valence-corrected chi connectivity index (χ1v) is 4.65. The average molecular weight is 242 g/mol. The minimum absolute atomic E-state index is 0.298. The maximum Gasteiger partial charge on any atom is 0.419 e. The fraction of sp³-hybridized carbons (Fsp3) is 0.100. The number of alkyl halides is 3. The van der Waals surface area contributed by atoms with Crippen LogP contribution in [0.5, 0.6) is 0 Å². The van der Waals surface area contributed by atoms with Crippen molar-refractivity contribution in [2.24, 2.45) is 0 Å². The van der Waals surface area contributed by atoms with Gasteiger partial charge in [0.25, 0.3) is 0 Å². The molecule has 7 heteroatoms. The molecule has 2 rings (SSSR count). The molecule has 0 aliphatic carbocycles. The fourth-order valence-electron chi connectivity index (χ4n) is 1.32. The van der Waals surface area contributed by atoms with Crippen LogP contribution in [0.25, 0.3) is 5.69 Å². The molecule has 0 aliphatic heterocycles. The number of hydrogen-bond donors (Lipinski definition) is 2. The van der Waals surface area contributed by atoms with Gasteiger partial charge in [0.15, 0.2) is 0 Å². The van der Waals surface area contributed by atoms with Crippen LogP contribution < -0.4 is 11.5 Å². The number of aromatic nitrogens is 2. The highest BCUT2D eigenvalue weighted by Gasteiger charge is 2.32. The van der Waals surface area contributed by atoms with Crippen molar-refractivity contribution in [3.63, 3.8) is 0 Å². The second kappa shape index (κ2) is 3.69. The summed E-state index contributed by atoms with van der Waals surface area (Å²) in [6.07, 6.45) is -2.75. The number of benzene rings is 1. The number of nitrogen functional groups attached to an aromatic ring is 2. The molecule has 0 amide bonds. The van der Waals surface area contributed by atoms with E-state index in [0.29, 0.717) is 17.1 Å². The van der Waals surface area contributed by atoms with Crippen molar-refractivity contribution in [2.45, 2.75) is 6.18 Å². The lowest BCUT2D eigenvalue weighted by molar-refractivity contribution is -0.137. The molecule has 1 heterocycles. The third kappa shape index (κ3) is 2.17. The zero-order valence-electron chi connectivity index (χ0n) is 8.57. The summed E-state index contributed by atoms with van der Waals surface area (Å²) in [5, 5.41) is 3.62. The Labute approximate surface area is 94.6 Å². The number of hydrogen-bond acceptors (Lipinski definition) is 3. The Kier molecular flexibility index (Phi) is 2.45. The number of rotatable bonds is 1. The summed E-state index contributed by atoms with van der Waals surface area (Å²) in [5.74, 6) is 0. The molecule has 90 valence electrons. The molecule has 0 atom stereocenters. The summed E-state index contributed by atoms with van der Waals surface area (Å²) in [4.78, 5) is 0. The molecule has 0 fully saturated rings. The van der Waals surface area contributed by atoms with E-state index in [4.69, 9.17) is 11.5 Å². The second-order valence-corrected chi connectivity index (χ2v) is 3.48. The Morgan fingerprint density at radius 3 is 2.35 bits per heavy atom. The van der Waals surface area contributed by atoms with Gasteiger partial charge < -0.3 is 11.5 Å². The van der Waals surface area contributed by atoms with Crippen LogP contribution in [-0.4, -0.2) is 9.78 Å². The SMILES string of the molecule is Nc1ccc(-n2cc(C(F)(F)F)cn2)cc1N. The van der Waals surface area contributed by atoms with Gasteiger partial charge >= 0.3 is 6.18 Å². The highest BCUT2D eigenvalue weighted by atomic mass is 19.4. The standard InChI is InChI=1S/C10H9F3N4/c11-10(12,13)6-4-16-17(5-6)7-1-2-8(14)9(15)3-7/h1-5H,14-15H2. The van der Waals surface area contributed by atoms with E-state index in [-0.39, 0.29) is 0 Å². The largest absolute Gasteiger partial charge is 0.419 e. The van der Waals surface area contributed by atoms with E-state index in [1.807, 2.05) is 0 Å². The first-order chi connectivity index (χ1) is 7.88. The van der Waals surface area contributed by atoms with Gasteiger partial charge in [-0.2, -0.15) is 18.3 Å². The highest BCUT2D eigenvalue weighted by molar-refractivity contribution is 5.66. The summed E-state index contributed by atoms with van der Waals surface area (Å²) < 4.78 is 38.2.